The van der Waals surface area contributed by atoms with E-state index >= 15 is 0 Å². The molecule has 0 amide bonds. The van der Waals surface area contributed by atoms with E-state index in [9.17, 15) is 9.18 Å². The fourth-order valence-electron chi connectivity index (χ4n) is 0.744. The lowest BCUT2D eigenvalue weighted by molar-refractivity contribution is 0.0693. The number of phenols is 1. The number of halogens is 2. The van der Waals surface area contributed by atoms with Crippen molar-refractivity contribution in [1.29, 1.82) is 0 Å². The Morgan fingerprint density at radius 1 is 1.50 bits per heavy atom. The average molecular weight is 191 g/mol. The van der Waals surface area contributed by atoms with Gasteiger partial charge in [-0.3, -0.25) is 0 Å². The minimum atomic E-state index is -1.46. The second-order valence-corrected chi connectivity index (χ2v) is 2.44. The average Bonchev–Trinajstić information content (AvgIpc) is 1.97. The highest BCUT2D eigenvalue weighted by Gasteiger charge is 2.17. The van der Waals surface area contributed by atoms with Crippen molar-refractivity contribution in [3.63, 3.8) is 0 Å². The highest BCUT2D eigenvalue weighted by Crippen LogP contribution is 2.27. The van der Waals surface area contributed by atoms with Gasteiger partial charge in [-0.2, -0.15) is 0 Å². The zero-order valence-electron chi connectivity index (χ0n) is 5.71. The summed E-state index contributed by atoms with van der Waals surface area (Å²) in [6.45, 7) is 0. The molecule has 64 valence electrons. The highest BCUT2D eigenvalue weighted by molar-refractivity contribution is 6.34. The van der Waals surface area contributed by atoms with Crippen LogP contribution in [0, 0.1) is 5.82 Å². The topological polar surface area (TPSA) is 57.5 Å². The van der Waals surface area contributed by atoms with Crippen LogP contribution in [-0.4, -0.2) is 16.2 Å². The summed E-state index contributed by atoms with van der Waals surface area (Å²) in [5, 5.41) is 16.8. The molecule has 0 radical (unpaired) electrons. The van der Waals surface area contributed by atoms with E-state index in [1.165, 1.54) is 0 Å². The first-order valence-corrected chi connectivity index (χ1v) is 3.32. The molecule has 0 aromatic heterocycles. The Morgan fingerprint density at radius 3 is 2.50 bits per heavy atom. The lowest BCUT2D eigenvalue weighted by Gasteiger charge is -2.01. The van der Waals surface area contributed by atoms with Crippen LogP contribution in [0.4, 0.5) is 4.39 Å². The molecule has 0 aliphatic carbocycles. The van der Waals surface area contributed by atoms with Crippen LogP contribution in [0.3, 0.4) is 0 Å². The minimum Gasteiger partial charge on any atom is -0.507 e. The number of carboxylic acid groups (broad SMARTS) is 1. The highest BCUT2D eigenvalue weighted by atomic mass is 35.5. The molecular weight excluding hydrogens is 187 g/mol. The van der Waals surface area contributed by atoms with E-state index in [0.29, 0.717) is 0 Å². The molecule has 0 aliphatic rings. The molecule has 0 aliphatic heterocycles. The molecule has 0 fully saturated rings. The van der Waals surface area contributed by atoms with E-state index in [2.05, 4.69) is 0 Å². The largest absolute Gasteiger partial charge is 0.507 e. The molecule has 1 rings (SSSR count). The van der Waals surface area contributed by atoms with Crippen LogP contribution in [0.15, 0.2) is 12.1 Å². The first-order valence-electron chi connectivity index (χ1n) is 2.94. The van der Waals surface area contributed by atoms with Gasteiger partial charge in [0.05, 0.1) is 5.02 Å². The number of aromatic carboxylic acids is 1. The number of rotatable bonds is 1. The number of carboxylic acids is 1. The summed E-state index contributed by atoms with van der Waals surface area (Å²) in [4.78, 5) is 10.4. The Hall–Kier alpha value is -1.29. The van der Waals surface area contributed by atoms with E-state index < -0.39 is 28.1 Å². The zero-order valence-corrected chi connectivity index (χ0v) is 6.47. The molecule has 2 N–H and O–H groups in total. The summed E-state index contributed by atoms with van der Waals surface area (Å²) >= 11 is 5.28. The third-order valence-electron chi connectivity index (χ3n) is 1.29. The maximum Gasteiger partial charge on any atom is 0.341 e. The quantitative estimate of drug-likeness (QED) is 0.711. The first-order chi connectivity index (χ1) is 5.54. The van der Waals surface area contributed by atoms with Crippen LogP contribution in [0.25, 0.3) is 0 Å². The molecule has 0 heterocycles. The van der Waals surface area contributed by atoms with Gasteiger partial charge < -0.3 is 10.2 Å². The zero-order chi connectivity index (χ0) is 9.30. The Labute approximate surface area is 72.0 Å². The summed E-state index contributed by atoms with van der Waals surface area (Å²) in [6, 6.07) is 1.83. The Morgan fingerprint density at radius 2 is 2.08 bits per heavy atom. The molecule has 3 nitrogen and oxygen atoms in total. The standard InChI is InChI=1S/C7H4ClFO3/c8-6-3(9)1-2-4(10)5(6)7(11)12/h1-2,10H,(H,11,12). The van der Waals surface area contributed by atoms with Crippen molar-refractivity contribution in [3.05, 3.63) is 28.5 Å². The number of hydrogen-bond donors (Lipinski definition) is 2. The molecule has 5 heteroatoms. The van der Waals surface area contributed by atoms with Crippen molar-refractivity contribution >= 4 is 17.6 Å². The molecule has 0 atom stereocenters. The van der Waals surface area contributed by atoms with Gasteiger partial charge in [-0.05, 0) is 12.1 Å². The van der Waals surface area contributed by atoms with Gasteiger partial charge in [0.25, 0.3) is 0 Å². The first kappa shape index (κ1) is 8.80. The lowest BCUT2D eigenvalue weighted by atomic mass is 10.2. The van der Waals surface area contributed by atoms with Gasteiger partial charge in [0.15, 0.2) is 0 Å². The van der Waals surface area contributed by atoms with Crippen LogP contribution < -0.4 is 0 Å². The maximum absolute atomic E-state index is 12.6. The predicted octanol–water partition coefficient (Wildman–Crippen LogP) is 1.88. The van der Waals surface area contributed by atoms with E-state index in [-0.39, 0.29) is 0 Å². The third kappa shape index (κ3) is 1.33. The molecule has 1 aromatic rings. The fraction of sp³-hybridized carbons (Fsp3) is 0. The van der Waals surface area contributed by atoms with E-state index in [0.717, 1.165) is 12.1 Å². The van der Waals surface area contributed by atoms with Gasteiger partial charge in [0.1, 0.15) is 17.1 Å². The number of aromatic hydroxyl groups is 1. The van der Waals surface area contributed by atoms with Gasteiger partial charge in [-0.25, -0.2) is 9.18 Å². The molecule has 0 bridgehead atoms. The summed E-state index contributed by atoms with van der Waals surface area (Å²) in [5.74, 6) is -2.88. The van der Waals surface area contributed by atoms with Crippen molar-refractivity contribution in [2.24, 2.45) is 0 Å². The second kappa shape index (κ2) is 2.98. The lowest BCUT2D eigenvalue weighted by Crippen LogP contribution is -1.99. The van der Waals surface area contributed by atoms with Crippen molar-refractivity contribution in [3.8, 4) is 5.75 Å². The smallest absolute Gasteiger partial charge is 0.341 e. The summed E-state index contributed by atoms with van der Waals surface area (Å²) < 4.78 is 12.6. The van der Waals surface area contributed by atoms with Gasteiger partial charge in [-0.15, -0.1) is 0 Å². The van der Waals surface area contributed by atoms with Gasteiger partial charge in [0, 0.05) is 0 Å². The second-order valence-electron chi connectivity index (χ2n) is 2.06. The van der Waals surface area contributed by atoms with Crippen LogP contribution in [0.1, 0.15) is 10.4 Å². The van der Waals surface area contributed by atoms with Crippen LogP contribution in [-0.2, 0) is 0 Å². The molecule has 0 saturated carbocycles. The van der Waals surface area contributed by atoms with Gasteiger partial charge in [-0.1, -0.05) is 11.6 Å². The maximum atomic E-state index is 12.6. The van der Waals surface area contributed by atoms with Crippen molar-refractivity contribution in [2.75, 3.05) is 0 Å². The number of hydrogen-bond acceptors (Lipinski definition) is 2. The van der Waals surface area contributed by atoms with E-state index in [1.54, 1.807) is 0 Å². The van der Waals surface area contributed by atoms with Crippen LogP contribution in [0.2, 0.25) is 5.02 Å². The molecule has 0 spiro atoms. The molecule has 12 heavy (non-hydrogen) atoms. The van der Waals surface area contributed by atoms with E-state index in [4.69, 9.17) is 21.8 Å². The molecule has 0 saturated heterocycles. The Kier molecular flexibility index (Phi) is 2.19. The monoisotopic (exact) mass is 190 g/mol. The number of benzene rings is 1. The SMILES string of the molecule is O=C(O)c1c(O)ccc(F)c1Cl. The van der Waals surface area contributed by atoms with Gasteiger partial charge in [0.2, 0.25) is 0 Å². The summed E-state index contributed by atoms with van der Waals surface area (Å²) in [6.07, 6.45) is 0. The Balaban J connectivity index is 3.43. The summed E-state index contributed by atoms with van der Waals surface area (Å²) in [5.41, 5.74) is -0.614. The third-order valence-corrected chi connectivity index (χ3v) is 1.66. The fourth-order valence-corrected chi connectivity index (χ4v) is 0.985. The molecular formula is C7H4ClFO3. The minimum absolute atomic E-state index is 0.547. The number of carbonyl (C=O) groups is 1. The summed E-state index contributed by atoms with van der Waals surface area (Å²) in [7, 11) is 0. The van der Waals surface area contributed by atoms with Gasteiger partial charge >= 0.3 is 5.97 Å². The van der Waals surface area contributed by atoms with Crippen molar-refractivity contribution in [2.45, 2.75) is 0 Å². The van der Waals surface area contributed by atoms with Crippen molar-refractivity contribution < 1.29 is 19.4 Å². The Bertz CT molecular complexity index is 338. The normalized spacial score (nSPS) is 9.83. The molecule has 0 unspecified atom stereocenters. The van der Waals surface area contributed by atoms with E-state index in [1.807, 2.05) is 0 Å². The predicted molar refractivity (Wildman–Crippen MR) is 40.0 cm³/mol. The molecule has 1 aromatic carbocycles. The van der Waals surface area contributed by atoms with Crippen LogP contribution >= 0.6 is 11.6 Å². The van der Waals surface area contributed by atoms with Crippen LogP contribution in [0.5, 0.6) is 5.75 Å². The van der Waals surface area contributed by atoms with Crippen molar-refractivity contribution in [1.82, 2.24) is 0 Å².